The molecule has 5 heterocycles. The predicted octanol–water partition coefficient (Wildman–Crippen LogP) is 6.23. The minimum atomic E-state index is -0.954. The summed E-state index contributed by atoms with van der Waals surface area (Å²) in [6, 6.07) is 5.96. The Balaban J connectivity index is 1.83. The molecule has 0 aliphatic carbocycles. The Bertz CT molecular complexity index is 2190. The average Bonchev–Trinajstić information content (AvgIpc) is 3.81. The number of methoxy groups -OCH3 is 1. The molecule has 3 aromatic heterocycles. The number of carboxylic acid groups (broad SMARTS) is 1. The van der Waals surface area contributed by atoms with E-state index in [-0.39, 0.29) is 62.8 Å². The molecule has 0 spiro atoms. The fourth-order valence-corrected chi connectivity index (χ4v) is 7.28. The number of carbonyl (C=O) groups excluding carboxylic acids is 3. The van der Waals surface area contributed by atoms with Gasteiger partial charge in [0, 0.05) is 70.6 Å². The fraction of sp³-hybridized carbons (Fsp3) is 0.415. The Morgan fingerprint density at radius 2 is 1.69 bits per heavy atom. The van der Waals surface area contributed by atoms with Crippen molar-refractivity contribution >= 4 is 63.1 Å². The van der Waals surface area contributed by atoms with Gasteiger partial charge in [-0.1, -0.05) is 26.5 Å². The lowest BCUT2D eigenvalue weighted by Gasteiger charge is -2.18. The largest absolute Gasteiger partial charge is 0.481 e. The van der Waals surface area contributed by atoms with Crippen molar-refractivity contribution in [2.24, 2.45) is 0 Å². The molecule has 2 aliphatic heterocycles. The highest BCUT2D eigenvalue weighted by atomic mass is 16.6. The number of fused-ring (bicyclic) bond motifs is 8. The van der Waals surface area contributed by atoms with Crippen molar-refractivity contribution in [3.63, 3.8) is 0 Å². The average molecular weight is 740 g/mol. The van der Waals surface area contributed by atoms with E-state index >= 15 is 0 Å². The van der Waals surface area contributed by atoms with Crippen LogP contribution in [0.5, 0.6) is 0 Å². The highest BCUT2D eigenvalue weighted by molar-refractivity contribution is 6.27. The van der Waals surface area contributed by atoms with Crippen LogP contribution in [-0.4, -0.2) is 82.3 Å². The molecule has 0 saturated heterocycles. The molecule has 0 radical (unpaired) electrons. The standard InChI is InChI=1S/C41H49N5O8/c1-9-26-21(3)30-18-32-23(5)28(11-12-36(48)49)39(45-32)29(17-37(50)52-8)40-38(41(51)42-13-14-53-15-16-54-25(7)47)24(6)33(46-40)20-35-27(10-2)22(4)31(44-35)19-34(26)43-30/h9,18-20,23,28,43-44H,1,10-17H2,2-8H3,(H,42,51)(H,48,49). The van der Waals surface area contributed by atoms with Crippen molar-refractivity contribution in [3.8, 4) is 0 Å². The van der Waals surface area contributed by atoms with Gasteiger partial charge >= 0.3 is 17.9 Å². The van der Waals surface area contributed by atoms with E-state index in [0.29, 0.717) is 28.2 Å². The van der Waals surface area contributed by atoms with Crippen LogP contribution < -0.4 is 5.32 Å². The molecular formula is C41H49N5O8. The van der Waals surface area contributed by atoms with Crippen molar-refractivity contribution in [1.82, 2.24) is 25.3 Å². The lowest BCUT2D eigenvalue weighted by atomic mass is 9.84. The van der Waals surface area contributed by atoms with Gasteiger partial charge in [0.1, 0.15) is 6.61 Å². The Kier molecular flexibility index (Phi) is 12.5. The number of rotatable bonds is 14. The zero-order valence-electron chi connectivity index (χ0n) is 32.0. The first-order chi connectivity index (χ1) is 25.8. The molecular weight excluding hydrogens is 690 g/mol. The van der Waals surface area contributed by atoms with Crippen LogP contribution in [0.1, 0.15) is 103 Å². The number of allylic oxidation sites excluding steroid dienone is 1. The van der Waals surface area contributed by atoms with Crippen molar-refractivity contribution in [2.75, 3.05) is 33.5 Å². The van der Waals surface area contributed by atoms with Crippen LogP contribution >= 0.6 is 0 Å². The quantitative estimate of drug-likeness (QED) is 0.109. The van der Waals surface area contributed by atoms with Crippen LogP contribution in [0.15, 0.2) is 24.8 Å². The van der Waals surface area contributed by atoms with Crippen LogP contribution in [0.4, 0.5) is 0 Å². The first-order valence-corrected chi connectivity index (χ1v) is 18.2. The van der Waals surface area contributed by atoms with Gasteiger partial charge in [-0.3, -0.25) is 24.2 Å². The summed E-state index contributed by atoms with van der Waals surface area (Å²) in [5.41, 5.74) is 10.8. The summed E-state index contributed by atoms with van der Waals surface area (Å²) in [4.78, 5) is 67.7. The molecule has 54 heavy (non-hydrogen) atoms. The fourth-order valence-electron chi connectivity index (χ4n) is 7.28. The number of esters is 2. The lowest BCUT2D eigenvalue weighted by Crippen LogP contribution is -2.29. The molecule has 2 atom stereocenters. The minimum absolute atomic E-state index is 0.0989. The number of amides is 1. The van der Waals surface area contributed by atoms with Crippen molar-refractivity contribution < 1.29 is 38.5 Å². The maximum Gasteiger partial charge on any atom is 0.310 e. The molecule has 0 aromatic carbocycles. The molecule has 8 bridgehead atoms. The molecule has 1 amide bonds. The molecule has 0 saturated carbocycles. The number of ether oxygens (including phenoxy) is 3. The number of H-pyrrole nitrogens is 2. The molecule has 2 aliphatic rings. The Hall–Kier alpha value is -5.56. The number of nitrogens with zero attached hydrogens (tertiary/aromatic N) is 2. The monoisotopic (exact) mass is 739 g/mol. The Morgan fingerprint density at radius 3 is 2.35 bits per heavy atom. The van der Waals surface area contributed by atoms with E-state index in [4.69, 9.17) is 24.2 Å². The van der Waals surface area contributed by atoms with Crippen molar-refractivity contribution in [3.05, 3.63) is 75.4 Å². The number of hydrogen-bond acceptors (Lipinski definition) is 9. The van der Waals surface area contributed by atoms with Gasteiger partial charge in [0.2, 0.25) is 0 Å². The summed E-state index contributed by atoms with van der Waals surface area (Å²) < 4.78 is 15.6. The number of carbonyl (C=O) groups is 4. The number of nitrogens with one attached hydrogen (secondary N) is 3. The molecule has 5 rings (SSSR count). The summed E-state index contributed by atoms with van der Waals surface area (Å²) in [5.74, 6) is -3.00. The van der Waals surface area contributed by atoms with Crippen LogP contribution in [0.2, 0.25) is 0 Å². The maximum absolute atomic E-state index is 14.2. The molecule has 13 nitrogen and oxygen atoms in total. The normalized spacial score (nSPS) is 15.2. The van der Waals surface area contributed by atoms with Gasteiger partial charge in [-0.2, -0.15) is 0 Å². The Morgan fingerprint density at radius 1 is 0.963 bits per heavy atom. The number of hydrogen-bond donors (Lipinski definition) is 4. The molecule has 0 fully saturated rings. The zero-order chi connectivity index (χ0) is 39.3. The van der Waals surface area contributed by atoms with Crippen LogP contribution in [0, 0.1) is 13.8 Å². The zero-order valence-corrected chi connectivity index (χ0v) is 32.0. The van der Waals surface area contributed by atoms with Gasteiger partial charge in [0.05, 0.1) is 49.4 Å². The van der Waals surface area contributed by atoms with E-state index in [1.165, 1.54) is 14.0 Å². The summed E-state index contributed by atoms with van der Waals surface area (Å²) in [6.07, 6.45) is 2.42. The van der Waals surface area contributed by atoms with Crippen LogP contribution in [-0.2, 0) is 46.2 Å². The van der Waals surface area contributed by atoms with Gasteiger partial charge in [0.25, 0.3) is 5.91 Å². The summed E-state index contributed by atoms with van der Waals surface area (Å²) in [6.45, 7) is 16.0. The third-order valence-corrected chi connectivity index (χ3v) is 10.2. The minimum Gasteiger partial charge on any atom is -0.481 e. The number of carboxylic acids is 1. The van der Waals surface area contributed by atoms with Gasteiger partial charge < -0.3 is 34.6 Å². The van der Waals surface area contributed by atoms with Gasteiger partial charge in [-0.05, 0) is 74.1 Å². The van der Waals surface area contributed by atoms with Crippen molar-refractivity contribution in [1.29, 1.82) is 0 Å². The summed E-state index contributed by atoms with van der Waals surface area (Å²) in [7, 11) is 1.29. The number of aromatic nitrogens is 4. The highest BCUT2D eigenvalue weighted by Gasteiger charge is 2.35. The second-order valence-electron chi connectivity index (χ2n) is 13.6. The third kappa shape index (κ3) is 8.31. The predicted molar refractivity (Wildman–Crippen MR) is 207 cm³/mol. The first kappa shape index (κ1) is 39.6. The third-order valence-electron chi connectivity index (χ3n) is 10.2. The van der Waals surface area contributed by atoms with E-state index < -0.39 is 29.7 Å². The molecule has 2 unspecified atom stereocenters. The molecule has 4 N–H and O–H groups in total. The second kappa shape index (κ2) is 17.1. The molecule has 3 aromatic rings. The summed E-state index contributed by atoms with van der Waals surface area (Å²) in [5, 5.41) is 12.7. The second-order valence-corrected chi connectivity index (χ2v) is 13.6. The highest BCUT2D eigenvalue weighted by Crippen LogP contribution is 2.44. The van der Waals surface area contributed by atoms with Gasteiger partial charge in [-0.15, -0.1) is 0 Å². The van der Waals surface area contributed by atoms with E-state index in [2.05, 4.69) is 41.8 Å². The summed E-state index contributed by atoms with van der Waals surface area (Å²) >= 11 is 0. The van der Waals surface area contributed by atoms with E-state index in [0.717, 1.165) is 50.7 Å². The van der Waals surface area contributed by atoms with Gasteiger partial charge in [-0.25, -0.2) is 4.98 Å². The topological polar surface area (TPSA) is 186 Å². The lowest BCUT2D eigenvalue weighted by molar-refractivity contribution is -0.142. The molecule has 13 heteroatoms. The number of aliphatic carboxylic acids is 1. The maximum atomic E-state index is 14.2. The Labute approximate surface area is 314 Å². The first-order valence-electron chi connectivity index (χ1n) is 18.2. The van der Waals surface area contributed by atoms with Crippen LogP contribution in [0.3, 0.4) is 0 Å². The van der Waals surface area contributed by atoms with Crippen LogP contribution in [0.25, 0.3) is 39.3 Å². The van der Waals surface area contributed by atoms with E-state index in [1.54, 1.807) is 0 Å². The van der Waals surface area contributed by atoms with E-state index in [9.17, 15) is 24.3 Å². The van der Waals surface area contributed by atoms with E-state index in [1.807, 2.05) is 39.0 Å². The van der Waals surface area contributed by atoms with Gasteiger partial charge in [0.15, 0.2) is 0 Å². The SMILES string of the molecule is C=Cc1c(C)c2cc3nc(c(CC(=O)OC)c4nc(cc5[nH]c(cc1[nH]2)c(C)c5CC)C(C)=C4C(=O)NCCOCCOC(C)=O)C(CCC(=O)O)C3C. The smallest absolute Gasteiger partial charge is 0.310 e. The number of aromatic amines is 2. The van der Waals surface area contributed by atoms with Crippen molar-refractivity contribution in [2.45, 2.75) is 79.1 Å². The number of aryl methyl sites for hydroxylation is 3. The molecule has 286 valence electrons.